The molecule has 0 aliphatic heterocycles. The zero-order valence-electron chi connectivity index (χ0n) is 18.6. The van der Waals surface area contributed by atoms with E-state index in [1.807, 2.05) is 31.1 Å². The summed E-state index contributed by atoms with van der Waals surface area (Å²) >= 11 is 5.88. The smallest absolute Gasteiger partial charge is 0.325 e. The highest BCUT2D eigenvalue weighted by Gasteiger charge is 2.32. The lowest BCUT2D eigenvalue weighted by Crippen LogP contribution is -2.47. The number of rotatable bonds is 9. The highest BCUT2D eigenvalue weighted by Crippen LogP contribution is 2.18. The summed E-state index contributed by atoms with van der Waals surface area (Å²) in [6.07, 6.45) is -1.13. The highest BCUT2D eigenvalue weighted by atomic mass is 35.5. The normalized spacial score (nSPS) is 13.3. The maximum absolute atomic E-state index is 12.7. The Kier molecular flexibility index (Phi) is 8.65. The Morgan fingerprint density at radius 3 is 2.19 bits per heavy atom. The van der Waals surface area contributed by atoms with Crippen LogP contribution in [0.3, 0.4) is 0 Å². The largest absolute Gasteiger partial charge is 0.451 e. The van der Waals surface area contributed by atoms with Gasteiger partial charge < -0.3 is 15.0 Å². The Hall–Kier alpha value is -2.62. The molecule has 2 atom stereocenters. The van der Waals surface area contributed by atoms with E-state index in [1.54, 1.807) is 32.0 Å². The number of carbonyl (C=O) groups excluding carboxylic acids is 2. The number of nitrogens with zero attached hydrogens (tertiary/aromatic N) is 1. The van der Waals surface area contributed by atoms with Crippen molar-refractivity contribution in [1.82, 2.24) is 4.72 Å². The van der Waals surface area contributed by atoms with Gasteiger partial charge in [0.2, 0.25) is 10.0 Å². The van der Waals surface area contributed by atoms with E-state index in [-0.39, 0.29) is 9.92 Å². The van der Waals surface area contributed by atoms with Crippen molar-refractivity contribution < 1.29 is 22.7 Å². The predicted molar refractivity (Wildman–Crippen MR) is 125 cm³/mol. The van der Waals surface area contributed by atoms with E-state index in [0.29, 0.717) is 5.69 Å². The lowest BCUT2D eigenvalue weighted by atomic mass is 10.1. The Balaban J connectivity index is 2.05. The number of hydrogen-bond donors (Lipinski definition) is 2. The van der Waals surface area contributed by atoms with Gasteiger partial charge in [0.05, 0.1) is 4.90 Å². The summed E-state index contributed by atoms with van der Waals surface area (Å²) in [5.41, 5.74) is 1.51. The zero-order valence-corrected chi connectivity index (χ0v) is 20.2. The van der Waals surface area contributed by atoms with Gasteiger partial charge in [-0.25, -0.2) is 8.42 Å². The summed E-state index contributed by atoms with van der Waals surface area (Å²) in [5, 5.41) is 2.92. The molecule has 0 radical (unpaired) electrons. The number of anilines is 2. The van der Waals surface area contributed by atoms with Crippen molar-refractivity contribution in [2.45, 2.75) is 37.8 Å². The van der Waals surface area contributed by atoms with Crippen LogP contribution in [0.15, 0.2) is 53.4 Å². The van der Waals surface area contributed by atoms with Gasteiger partial charge in [0.1, 0.15) is 6.04 Å². The van der Waals surface area contributed by atoms with Crippen molar-refractivity contribution in [3.05, 3.63) is 53.6 Å². The molecule has 2 aromatic rings. The van der Waals surface area contributed by atoms with E-state index in [4.69, 9.17) is 16.3 Å². The number of halogens is 1. The second kappa shape index (κ2) is 10.8. The van der Waals surface area contributed by atoms with Crippen molar-refractivity contribution in [1.29, 1.82) is 0 Å². The Labute approximate surface area is 193 Å². The van der Waals surface area contributed by atoms with Crippen LogP contribution in [0, 0.1) is 5.92 Å². The first-order valence-electron chi connectivity index (χ1n) is 9.97. The summed E-state index contributed by atoms with van der Waals surface area (Å²) in [7, 11) is -0.220. The summed E-state index contributed by atoms with van der Waals surface area (Å²) in [6, 6.07) is 11.7. The molecule has 0 aromatic heterocycles. The maximum Gasteiger partial charge on any atom is 0.325 e. The molecule has 0 saturated carbocycles. The number of amides is 1. The van der Waals surface area contributed by atoms with Crippen LogP contribution in [0.25, 0.3) is 0 Å². The lowest BCUT2D eigenvalue weighted by molar-refractivity contribution is -0.155. The first-order chi connectivity index (χ1) is 14.9. The first-order valence-corrected chi connectivity index (χ1v) is 11.8. The molecule has 10 heteroatoms. The molecule has 0 spiro atoms. The van der Waals surface area contributed by atoms with Gasteiger partial charge in [-0.15, -0.1) is 0 Å². The topological polar surface area (TPSA) is 105 Å². The number of sulfonamides is 1. The minimum Gasteiger partial charge on any atom is -0.451 e. The molecule has 0 saturated heterocycles. The monoisotopic (exact) mass is 481 g/mol. The Morgan fingerprint density at radius 1 is 1.03 bits per heavy atom. The fraction of sp³-hybridized carbons (Fsp3) is 0.364. The Bertz CT molecular complexity index is 1060. The van der Waals surface area contributed by atoms with Gasteiger partial charge in [0.15, 0.2) is 6.10 Å². The van der Waals surface area contributed by atoms with Crippen molar-refractivity contribution in [3.8, 4) is 0 Å². The van der Waals surface area contributed by atoms with Crippen molar-refractivity contribution in [2.75, 3.05) is 24.3 Å². The van der Waals surface area contributed by atoms with Gasteiger partial charge in [-0.3, -0.25) is 9.59 Å². The molecule has 2 N–H and O–H groups in total. The summed E-state index contributed by atoms with van der Waals surface area (Å²) in [4.78, 5) is 27.0. The van der Waals surface area contributed by atoms with E-state index in [9.17, 15) is 18.0 Å². The quantitative estimate of drug-likeness (QED) is 0.532. The van der Waals surface area contributed by atoms with E-state index in [2.05, 4.69) is 10.0 Å². The highest BCUT2D eigenvalue weighted by molar-refractivity contribution is 7.89. The van der Waals surface area contributed by atoms with Gasteiger partial charge in [-0.1, -0.05) is 31.5 Å². The van der Waals surface area contributed by atoms with E-state index >= 15 is 0 Å². The maximum atomic E-state index is 12.7. The average molecular weight is 482 g/mol. The lowest BCUT2D eigenvalue weighted by Gasteiger charge is -2.23. The molecular formula is C22H28ClN3O5S. The van der Waals surface area contributed by atoms with Gasteiger partial charge in [-0.05, 0) is 55.3 Å². The number of carbonyl (C=O) groups is 2. The SMILES string of the molecule is CC(C)[C@H](NS(=O)(=O)c1cccc(Cl)c1)C(=O)O[C@@H](C)C(=O)Nc1ccc(N(C)C)cc1. The molecule has 8 nitrogen and oxygen atoms in total. The van der Waals surface area contributed by atoms with Crippen molar-refractivity contribution >= 4 is 44.9 Å². The molecule has 0 aliphatic carbocycles. The number of esters is 1. The summed E-state index contributed by atoms with van der Waals surface area (Å²) in [5.74, 6) is -1.81. The number of benzene rings is 2. The fourth-order valence-corrected chi connectivity index (χ4v) is 4.35. The van der Waals surface area contributed by atoms with E-state index in [0.717, 1.165) is 5.69 Å². The Morgan fingerprint density at radius 2 is 1.66 bits per heavy atom. The molecule has 0 fully saturated rings. The van der Waals surface area contributed by atoms with E-state index in [1.165, 1.54) is 25.1 Å². The predicted octanol–water partition coefficient (Wildman–Crippen LogP) is 3.28. The van der Waals surface area contributed by atoms with Crippen molar-refractivity contribution in [2.24, 2.45) is 5.92 Å². The van der Waals surface area contributed by atoms with Gasteiger partial charge in [0.25, 0.3) is 5.91 Å². The van der Waals surface area contributed by atoms with Crippen molar-refractivity contribution in [3.63, 3.8) is 0 Å². The summed E-state index contributed by atoms with van der Waals surface area (Å²) < 4.78 is 33.0. The second-order valence-corrected chi connectivity index (χ2v) is 9.96. The minimum absolute atomic E-state index is 0.0737. The molecule has 0 aliphatic rings. The number of nitrogens with one attached hydrogen (secondary N) is 2. The third-order valence-electron chi connectivity index (χ3n) is 4.62. The van der Waals surface area contributed by atoms with Gasteiger partial charge >= 0.3 is 5.97 Å². The molecule has 2 rings (SSSR count). The van der Waals surface area contributed by atoms with Crippen LogP contribution >= 0.6 is 11.6 Å². The first kappa shape index (κ1) is 25.6. The minimum atomic E-state index is -4.03. The zero-order chi connectivity index (χ0) is 24.1. The standard InChI is InChI=1S/C22H28ClN3O5S/c1-14(2)20(25-32(29,30)19-8-6-7-16(23)13-19)22(28)31-15(3)21(27)24-17-9-11-18(12-10-17)26(4)5/h6-15,20,25H,1-5H3,(H,24,27)/t15-,20-/m0/s1. The number of hydrogen-bond acceptors (Lipinski definition) is 6. The molecule has 2 aromatic carbocycles. The molecule has 0 bridgehead atoms. The number of ether oxygens (including phenoxy) is 1. The van der Waals surface area contributed by atoms with E-state index < -0.39 is 40.0 Å². The van der Waals surface area contributed by atoms with Gasteiger partial charge in [0, 0.05) is 30.5 Å². The fourth-order valence-electron chi connectivity index (χ4n) is 2.71. The molecule has 174 valence electrons. The molecule has 0 unspecified atom stereocenters. The van der Waals surface area contributed by atoms with Crippen LogP contribution in [-0.4, -0.2) is 46.5 Å². The van der Waals surface area contributed by atoms with Crippen LogP contribution in [0.5, 0.6) is 0 Å². The van der Waals surface area contributed by atoms with Crippen LogP contribution in [0.4, 0.5) is 11.4 Å². The molecule has 32 heavy (non-hydrogen) atoms. The molecule has 0 heterocycles. The van der Waals surface area contributed by atoms with Crippen LogP contribution in [0.2, 0.25) is 5.02 Å². The third-order valence-corrected chi connectivity index (χ3v) is 6.30. The van der Waals surface area contributed by atoms with Crippen LogP contribution in [0.1, 0.15) is 20.8 Å². The molecule has 1 amide bonds. The molecular weight excluding hydrogens is 454 g/mol. The summed E-state index contributed by atoms with van der Waals surface area (Å²) in [6.45, 7) is 4.76. The van der Waals surface area contributed by atoms with Crippen LogP contribution in [-0.2, 0) is 24.3 Å². The second-order valence-electron chi connectivity index (χ2n) is 7.81. The van der Waals surface area contributed by atoms with Crippen LogP contribution < -0.4 is 14.9 Å². The van der Waals surface area contributed by atoms with Gasteiger partial charge in [-0.2, -0.15) is 4.72 Å². The third kappa shape index (κ3) is 6.94. The average Bonchev–Trinajstić information content (AvgIpc) is 2.72.